The maximum Gasteiger partial charge on any atom is 0.254 e. The third-order valence-corrected chi connectivity index (χ3v) is 3.91. The van der Waals surface area contributed by atoms with Gasteiger partial charge >= 0.3 is 0 Å². The van der Waals surface area contributed by atoms with Crippen LogP contribution in [0.25, 0.3) is 0 Å². The van der Waals surface area contributed by atoms with Gasteiger partial charge in [0.2, 0.25) is 0 Å². The number of benzene rings is 1. The van der Waals surface area contributed by atoms with Crippen LogP contribution in [0.3, 0.4) is 0 Å². The average Bonchev–Trinajstić information content (AvgIpc) is 2.43. The molecule has 1 heterocycles. The van der Waals surface area contributed by atoms with Crippen molar-refractivity contribution >= 4 is 21.8 Å². The van der Waals surface area contributed by atoms with E-state index in [0.29, 0.717) is 6.04 Å². The first-order valence-corrected chi connectivity index (χ1v) is 6.14. The molecule has 0 N–H and O–H groups in total. The zero-order chi connectivity index (χ0) is 10.4. The average molecular weight is 266 g/mol. The van der Waals surface area contributed by atoms with Crippen molar-refractivity contribution in [2.75, 3.05) is 0 Å². The third-order valence-electron chi connectivity index (χ3n) is 3.42. The van der Waals surface area contributed by atoms with Gasteiger partial charge in [-0.05, 0) is 37.0 Å². The number of carbonyl (C=O) groups is 1. The normalized spacial score (nSPS) is 20.3. The van der Waals surface area contributed by atoms with Crippen LogP contribution in [0, 0.1) is 0 Å². The molecule has 78 valence electrons. The summed E-state index contributed by atoms with van der Waals surface area (Å²) >= 11 is 3.41. The molecule has 0 bridgehead atoms. The molecule has 3 heteroatoms. The largest absolute Gasteiger partial charge is 0.331 e. The smallest absolute Gasteiger partial charge is 0.254 e. The minimum absolute atomic E-state index is 0.219. The fourth-order valence-electron chi connectivity index (χ4n) is 2.29. The fraction of sp³-hybridized carbons (Fsp3) is 0.417. The fourth-order valence-corrected chi connectivity index (χ4v) is 2.65. The second-order valence-electron chi connectivity index (χ2n) is 4.32. The molecule has 1 aromatic carbocycles. The standard InChI is InChI=1S/C12H12BrNO/c13-9-5-4-8-7-14(10-2-1-3-10)12(15)11(8)6-9/h4-6,10H,1-3,7H2. The number of halogens is 1. The number of amides is 1. The van der Waals surface area contributed by atoms with E-state index in [1.54, 1.807) is 0 Å². The van der Waals surface area contributed by atoms with Gasteiger partial charge in [0.15, 0.2) is 0 Å². The Balaban J connectivity index is 1.94. The van der Waals surface area contributed by atoms with E-state index < -0.39 is 0 Å². The molecule has 0 unspecified atom stereocenters. The van der Waals surface area contributed by atoms with Crippen molar-refractivity contribution in [1.29, 1.82) is 0 Å². The minimum atomic E-state index is 0.219. The van der Waals surface area contributed by atoms with E-state index in [0.717, 1.165) is 16.6 Å². The SMILES string of the molecule is O=C1c2cc(Br)ccc2CN1C1CCC1. The van der Waals surface area contributed by atoms with Crippen LogP contribution in [-0.4, -0.2) is 16.8 Å². The van der Waals surface area contributed by atoms with Crippen molar-refractivity contribution in [3.05, 3.63) is 33.8 Å². The number of nitrogens with zero attached hydrogens (tertiary/aromatic N) is 1. The summed E-state index contributed by atoms with van der Waals surface area (Å²) in [7, 11) is 0. The molecule has 0 saturated heterocycles. The lowest BCUT2D eigenvalue weighted by molar-refractivity contribution is 0.0606. The Morgan fingerprint density at radius 2 is 2.13 bits per heavy atom. The van der Waals surface area contributed by atoms with Crippen LogP contribution in [0.2, 0.25) is 0 Å². The highest BCUT2D eigenvalue weighted by Crippen LogP contribution is 2.33. The third kappa shape index (κ3) is 1.41. The summed E-state index contributed by atoms with van der Waals surface area (Å²) in [6, 6.07) is 6.51. The Kier molecular flexibility index (Phi) is 2.09. The van der Waals surface area contributed by atoms with Crippen LogP contribution in [0.4, 0.5) is 0 Å². The topological polar surface area (TPSA) is 20.3 Å². The molecule has 15 heavy (non-hydrogen) atoms. The lowest BCUT2D eigenvalue weighted by atomic mass is 9.92. The minimum Gasteiger partial charge on any atom is -0.331 e. The van der Waals surface area contributed by atoms with E-state index >= 15 is 0 Å². The van der Waals surface area contributed by atoms with E-state index in [2.05, 4.69) is 22.0 Å². The van der Waals surface area contributed by atoms with Gasteiger partial charge in [-0.25, -0.2) is 0 Å². The van der Waals surface area contributed by atoms with Gasteiger partial charge in [0.05, 0.1) is 0 Å². The van der Waals surface area contributed by atoms with Gasteiger partial charge < -0.3 is 4.90 Å². The molecule has 0 aromatic heterocycles. The molecular weight excluding hydrogens is 254 g/mol. The summed E-state index contributed by atoms with van der Waals surface area (Å²) < 4.78 is 0.991. The van der Waals surface area contributed by atoms with Crippen LogP contribution >= 0.6 is 15.9 Å². The molecule has 1 aromatic rings. The van der Waals surface area contributed by atoms with Crippen molar-refractivity contribution in [3.63, 3.8) is 0 Å². The van der Waals surface area contributed by atoms with Crippen molar-refractivity contribution in [2.24, 2.45) is 0 Å². The number of hydrogen-bond acceptors (Lipinski definition) is 1. The van der Waals surface area contributed by atoms with E-state index in [1.807, 2.05) is 17.0 Å². The molecular formula is C12H12BrNO. The Bertz CT molecular complexity index is 426. The van der Waals surface area contributed by atoms with E-state index in [-0.39, 0.29) is 5.91 Å². The molecule has 1 aliphatic heterocycles. The van der Waals surface area contributed by atoms with Gasteiger partial charge in [0.25, 0.3) is 5.91 Å². The second-order valence-corrected chi connectivity index (χ2v) is 5.23. The molecule has 3 rings (SSSR count). The molecule has 1 fully saturated rings. The predicted molar refractivity (Wildman–Crippen MR) is 61.7 cm³/mol. The molecule has 0 atom stereocenters. The van der Waals surface area contributed by atoms with E-state index in [4.69, 9.17) is 0 Å². The molecule has 2 aliphatic rings. The van der Waals surface area contributed by atoms with Gasteiger partial charge in [-0.1, -0.05) is 22.0 Å². The first-order chi connectivity index (χ1) is 7.25. The van der Waals surface area contributed by atoms with Crippen molar-refractivity contribution < 1.29 is 4.79 Å². The first-order valence-electron chi connectivity index (χ1n) is 5.35. The highest BCUT2D eigenvalue weighted by molar-refractivity contribution is 9.10. The molecule has 1 saturated carbocycles. The predicted octanol–water partition coefficient (Wildman–Crippen LogP) is 2.96. The first kappa shape index (κ1) is 9.40. The second kappa shape index (κ2) is 3.34. The summed E-state index contributed by atoms with van der Waals surface area (Å²) in [5.74, 6) is 0.219. The Hall–Kier alpha value is -0.830. The van der Waals surface area contributed by atoms with Crippen molar-refractivity contribution in [2.45, 2.75) is 31.8 Å². The summed E-state index contributed by atoms with van der Waals surface area (Å²) in [4.78, 5) is 14.1. The van der Waals surface area contributed by atoms with Crippen LogP contribution in [0.1, 0.15) is 35.2 Å². The molecule has 0 radical (unpaired) electrons. The molecule has 1 aliphatic carbocycles. The van der Waals surface area contributed by atoms with Crippen LogP contribution in [-0.2, 0) is 6.54 Å². The van der Waals surface area contributed by atoms with Crippen LogP contribution in [0.5, 0.6) is 0 Å². The van der Waals surface area contributed by atoms with Gasteiger partial charge in [-0.15, -0.1) is 0 Å². The van der Waals surface area contributed by atoms with Gasteiger partial charge in [-0.2, -0.15) is 0 Å². The van der Waals surface area contributed by atoms with Gasteiger partial charge in [0.1, 0.15) is 0 Å². The quantitative estimate of drug-likeness (QED) is 0.765. The Morgan fingerprint density at radius 3 is 2.80 bits per heavy atom. The van der Waals surface area contributed by atoms with Crippen molar-refractivity contribution in [3.8, 4) is 0 Å². The summed E-state index contributed by atoms with van der Waals surface area (Å²) in [5.41, 5.74) is 2.06. The number of carbonyl (C=O) groups excluding carboxylic acids is 1. The van der Waals surface area contributed by atoms with E-state index in [1.165, 1.54) is 24.8 Å². The number of fused-ring (bicyclic) bond motifs is 1. The number of hydrogen-bond donors (Lipinski definition) is 0. The highest BCUT2D eigenvalue weighted by Gasteiger charge is 2.35. The number of rotatable bonds is 1. The maximum atomic E-state index is 12.1. The van der Waals surface area contributed by atoms with Crippen LogP contribution < -0.4 is 0 Å². The van der Waals surface area contributed by atoms with Gasteiger partial charge in [-0.3, -0.25) is 4.79 Å². The molecule has 0 spiro atoms. The molecule has 2 nitrogen and oxygen atoms in total. The highest BCUT2D eigenvalue weighted by atomic mass is 79.9. The maximum absolute atomic E-state index is 12.1. The summed E-state index contributed by atoms with van der Waals surface area (Å²) in [6.07, 6.45) is 3.64. The lowest BCUT2D eigenvalue weighted by Crippen LogP contribution is -2.40. The molecule has 1 amide bonds. The summed E-state index contributed by atoms with van der Waals surface area (Å²) in [6.45, 7) is 0.812. The Morgan fingerprint density at radius 1 is 1.33 bits per heavy atom. The summed E-state index contributed by atoms with van der Waals surface area (Å²) in [5, 5.41) is 0. The van der Waals surface area contributed by atoms with Gasteiger partial charge in [0, 0.05) is 22.6 Å². The van der Waals surface area contributed by atoms with E-state index in [9.17, 15) is 4.79 Å². The van der Waals surface area contributed by atoms with Crippen molar-refractivity contribution in [1.82, 2.24) is 4.90 Å². The monoisotopic (exact) mass is 265 g/mol. The zero-order valence-electron chi connectivity index (χ0n) is 8.37. The van der Waals surface area contributed by atoms with Crippen LogP contribution in [0.15, 0.2) is 22.7 Å². The zero-order valence-corrected chi connectivity index (χ0v) is 9.96. The Labute approximate surface area is 97.4 Å². The lowest BCUT2D eigenvalue weighted by Gasteiger charge is -2.34.